The lowest BCUT2D eigenvalue weighted by atomic mass is 9.52. The van der Waals surface area contributed by atoms with Gasteiger partial charge in [-0.05, 0) is 62.3 Å². The molecule has 4 heteroatoms. The molecule has 4 saturated carbocycles. The molecule has 29 heavy (non-hydrogen) atoms. The van der Waals surface area contributed by atoms with E-state index in [2.05, 4.69) is 0 Å². The van der Waals surface area contributed by atoms with Crippen LogP contribution in [0, 0.1) is 17.8 Å². The molecule has 5 aliphatic rings. The molecular weight excluding hydrogens is 362 g/mol. The third kappa shape index (κ3) is 2.24. The van der Waals surface area contributed by atoms with Crippen LogP contribution in [0.25, 0.3) is 0 Å². The number of carbonyl (C=O) groups is 2. The van der Waals surface area contributed by atoms with Crippen LogP contribution in [0.1, 0.15) is 64.8 Å². The molecule has 4 nitrogen and oxygen atoms in total. The molecule has 2 aromatic rings. The highest BCUT2D eigenvalue weighted by atomic mass is 16.3. The molecule has 0 radical (unpaired) electrons. The molecule has 4 aliphatic carbocycles. The number of aliphatic hydroxyl groups is 1. The quantitative estimate of drug-likeness (QED) is 0.806. The molecule has 0 unspecified atom stereocenters. The number of nitrogens with zero attached hydrogens (tertiary/aromatic N) is 1. The van der Waals surface area contributed by atoms with Crippen molar-refractivity contribution in [2.75, 3.05) is 0 Å². The van der Waals surface area contributed by atoms with E-state index in [1.807, 2.05) is 12.1 Å². The molecule has 0 aromatic heterocycles. The highest BCUT2D eigenvalue weighted by Gasteiger charge is 2.64. The van der Waals surface area contributed by atoms with Gasteiger partial charge in [0.15, 0.2) is 0 Å². The Kier molecular flexibility index (Phi) is 3.47. The lowest BCUT2D eigenvalue weighted by Crippen LogP contribution is -2.66. The molecule has 1 aliphatic heterocycles. The minimum atomic E-state index is -1.93. The number of benzene rings is 2. The molecule has 1 atom stereocenters. The number of amides is 1. The second-order valence-corrected chi connectivity index (χ2v) is 9.70. The van der Waals surface area contributed by atoms with E-state index in [1.165, 1.54) is 19.3 Å². The summed E-state index contributed by atoms with van der Waals surface area (Å²) in [5.74, 6) is 1.23. The highest BCUT2D eigenvalue weighted by Crippen LogP contribution is 2.61. The molecule has 0 saturated heterocycles. The molecule has 0 spiro atoms. The van der Waals surface area contributed by atoms with Gasteiger partial charge in [-0.1, -0.05) is 48.5 Å². The third-order valence-electron chi connectivity index (χ3n) is 7.89. The maximum Gasteiger partial charge on any atom is 0.257 e. The fourth-order valence-corrected chi connectivity index (χ4v) is 7.27. The van der Waals surface area contributed by atoms with E-state index < -0.39 is 17.0 Å². The predicted molar refractivity (Wildman–Crippen MR) is 108 cm³/mol. The van der Waals surface area contributed by atoms with Crippen molar-refractivity contribution in [3.05, 3.63) is 71.3 Å². The summed E-state index contributed by atoms with van der Waals surface area (Å²) < 4.78 is 0. The topological polar surface area (TPSA) is 57.6 Å². The summed E-state index contributed by atoms with van der Waals surface area (Å²) in [7, 11) is 0. The van der Waals surface area contributed by atoms with Crippen molar-refractivity contribution in [1.29, 1.82) is 0 Å². The summed E-state index contributed by atoms with van der Waals surface area (Å²) in [6.07, 6.45) is 6.42. The van der Waals surface area contributed by atoms with E-state index in [0.29, 0.717) is 34.4 Å². The molecule has 148 valence electrons. The molecule has 7 rings (SSSR count). The van der Waals surface area contributed by atoms with Gasteiger partial charge in [-0.25, -0.2) is 0 Å². The average Bonchev–Trinajstić information content (AvgIpc) is 2.96. The lowest BCUT2D eigenvalue weighted by Gasteiger charge is -2.61. The third-order valence-corrected chi connectivity index (χ3v) is 7.89. The summed E-state index contributed by atoms with van der Waals surface area (Å²) >= 11 is 0. The maximum atomic E-state index is 13.7. The van der Waals surface area contributed by atoms with Crippen LogP contribution in [0.15, 0.2) is 54.6 Å². The first-order chi connectivity index (χ1) is 14.0. The number of hydrogen-bond donors (Lipinski definition) is 1. The van der Waals surface area contributed by atoms with Crippen LogP contribution >= 0.6 is 0 Å². The summed E-state index contributed by atoms with van der Waals surface area (Å²) in [6.45, 7) is 0. The van der Waals surface area contributed by atoms with Crippen molar-refractivity contribution < 1.29 is 14.7 Å². The van der Waals surface area contributed by atoms with Crippen LogP contribution in [-0.2, 0) is 5.72 Å². The van der Waals surface area contributed by atoms with Crippen molar-refractivity contribution in [2.24, 2.45) is 17.8 Å². The molecule has 2 aromatic carbocycles. The van der Waals surface area contributed by atoms with Gasteiger partial charge in [-0.15, -0.1) is 0 Å². The number of hydrogen-bond acceptors (Lipinski definition) is 3. The number of Topliss-reactive ketones (excluding diaryl/α,β-unsaturated/α-hetero) is 1. The van der Waals surface area contributed by atoms with Gasteiger partial charge in [0.25, 0.3) is 5.91 Å². The molecular formula is C25H25NO3. The molecule has 1 N–H and O–H groups in total. The monoisotopic (exact) mass is 387 g/mol. The summed E-state index contributed by atoms with van der Waals surface area (Å²) in [6, 6.07) is 16.0. The van der Waals surface area contributed by atoms with Crippen LogP contribution in [0.2, 0.25) is 0 Å². The van der Waals surface area contributed by atoms with E-state index in [4.69, 9.17) is 0 Å². The second kappa shape index (κ2) is 5.79. The smallest absolute Gasteiger partial charge is 0.257 e. The minimum absolute atomic E-state index is 0.186. The second-order valence-electron chi connectivity index (χ2n) is 9.70. The van der Waals surface area contributed by atoms with Crippen molar-refractivity contribution in [1.82, 2.24) is 4.90 Å². The Balaban J connectivity index is 1.54. The summed E-state index contributed by atoms with van der Waals surface area (Å²) in [5.41, 5.74) is -0.996. The highest BCUT2D eigenvalue weighted by molar-refractivity contribution is 6.12. The SMILES string of the molecule is O=C1c2ccccc2[C@](O)(C(=O)c2ccccc2)N1C12CC3CC(CC(C3)C1)C2. The van der Waals surface area contributed by atoms with Crippen molar-refractivity contribution >= 4 is 11.7 Å². The minimum Gasteiger partial charge on any atom is -0.360 e. The first-order valence-corrected chi connectivity index (χ1v) is 10.8. The number of carbonyl (C=O) groups excluding carboxylic acids is 2. The van der Waals surface area contributed by atoms with Gasteiger partial charge in [-0.2, -0.15) is 0 Å². The normalized spacial score (nSPS) is 37.1. The molecule has 4 bridgehead atoms. The fourth-order valence-electron chi connectivity index (χ4n) is 7.27. The van der Waals surface area contributed by atoms with Crippen LogP contribution in [0.5, 0.6) is 0 Å². The van der Waals surface area contributed by atoms with Crippen molar-refractivity contribution in [3.8, 4) is 0 Å². The summed E-state index contributed by atoms with van der Waals surface area (Å²) in [4.78, 5) is 29.0. The van der Waals surface area contributed by atoms with Crippen LogP contribution < -0.4 is 0 Å². The van der Waals surface area contributed by atoms with Gasteiger partial charge >= 0.3 is 0 Å². The molecule has 1 heterocycles. The van der Waals surface area contributed by atoms with Gasteiger partial charge in [0.05, 0.1) is 0 Å². The zero-order chi connectivity index (χ0) is 19.8. The summed E-state index contributed by atoms with van der Waals surface area (Å²) in [5, 5.41) is 12.1. The van der Waals surface area contributed by atoms with Crippen molar-refractivity contribution in [2.45, 2.75) is 49.8 Å². The van der Waals surface area contributed by atoms with Crippen LogP contribution in [0.4, 0.5) is 0 Å². The van der Waals surface area contributed by atoms with E-state index in [0.717, 1.165) is 19.3 Å². The maximum absolute atomic E-state index is 13.7. The number of fused-ring (bicyclic) bond motifs is 1. The van der Waals surface area contributed by atoms with E-state index in [1.54, 1.807) is 47.4 Å². The van der Waals surface area contributed by atoms with Gasteiger partial charge < -0.3 is 5.11 Å². The van der Waals surface area contributed by atoms with Gasteiger partial charge in [0, 0.05) is 22.2 Å². The Morgan fingerprint density at radius 1 is 0.862 bits per heavy atom. The Morgan fingerprint density at radius 2 is 1.41 bits per heavy atom. The average molecular weight is 387 g/mol. The largest absolute Gasteiger partial charge is 0.360 e. The Bertz CT molecular complexity index is 978. The first kappa shape index (κ1) is 17.4. The first-order valence-electron chi connectivity index (χ1n) is 10.8. The van der Waals surface area contributed by atoms with E-state index in [9.17, 15) is 14.7 Å². The van der Waals surface area contributed by atoms with Crippen molar-refractivity contribution in [3.63, 3.8) is 0 Å². The standard InChI is InChI=1S/C25H25NO3/c27-22(19-6-2-1-3-7-19)25(29)21-9-5-4-8-20(21)23(28)26(25)24-13-16-10-17(14-24)12-18(11-16)15-24/h1-9,16-18,29H,10-15H2/t16?,17?,18?,24?,25-/m0/s1. The Morgan fingerprint density at radius 3 is 2.03 bits per heavy atom. The zero-order valence-corrected chi connectivity index (χ0v) is 16.4. The number of ketones is 1. The van der Waals surface area contributed by atoms with Gasteiger partial charge in [0.2, 0.25) is 11.5 Å². The molecule has 1 amide bonds. The molecule has 4 fully saturated rings. The van der Waals surface area contributed by atoms with E-state index in [-0.39, 0.29) is 5.91 Å². The van der Waals surface area contributed by atoms with Gasteiger partial charge in [-0.3, -0.25) is 14.5 Å². The Labute approximate surface area is 170 Å². The van der Waals surface area contributed by atoms with E-state index >= 15 is 0 Å². The zero-order valence-electron chi connectivity index (χ0n) is 16.4. The number of rotatable bonds is 3. The lowest BCUT2D eigenvalue weighted by molar-refractivity contribution is -0.155. The fraction of sp³-hybridized carbons (Fsp3) is 0.440. The predicted octanol–water partition coefficient (Wildman–Crippen LogP) is 4.14. The van der Waals surface area contributed by atoms with Crippen LogP contribution in [-0.4, -0.2) is 27.2 Å². The van der Waals surface area contributed by atoms with Gasteiger partial charge in [0.1, 0.15) is 0 Å². The van der Waals surface area contributed by atoms with Crippen LogP contribution in [0.3, 0.4) is 0 Å². The Hall–Kier alpha value is -2.46.